The largest absolute Gasteiger partial charge is 0.505 e. The third-order valence-electron chi connectivity index (χ3n) is 4.20. The van der Waals surface area contributed by atoms with Crippen LogP contribution in [0.1, 0.15) is 37.7 Å². The van der Waals surface area contributed by atoms with Crippen LogP contribution in [0.4, 0.5) is 4.39 Å². The maximum Gasteiger partial charge on any atom is 0.227 e. The lowest BCUT2D eigenvalue weighted by molar-refractivity contribution is -0.134. The van der Waals surface area contributed by atoms with Gasteiger partial charge in [0, 0.05) is 26.3 Å². The van der Waals surface area contributed by atoms with Gasteiger partial charge in [0.05, 0.1) is 6.42 Å². The highest BCUT2D eigenvalue weighted by atomic mass is 19.1. The molecule has 0 aliphatic carbocycles. The molecule has 0 aromatic heterocycles. The Morgan fingerprint density at radius 1 is 1.45 bits per heavy atom. The van der Waals surface area contributed by atoms with E-state index < -0.39 is 5.82 Å². The van der Waals surface area contributed by atoms with Gasteiger partial charge in [0.2, 0.25) is 5.91 Å². The Labute approximate surface area is 130 Å². The first-order valence-electron chi connectivity index (χ1n) is 7.87. The fourth-order valence-corrected chi connectivity index (χ4v) is 3.03. The summed E-state index contributed by atoms with van der Waals surface area (Å²) in [5, 5.41) is 9.21. The van der Waals surface area contributed by atoms with Gasteiger partial charge in [0.1, 0.15) is 0 Å². The standard InChI is InChI=1S/C17H24FNO3/c1-22-10-4-6-14-5-2-3-9-19(14)17(21)12-13-7-8-16(20)15(18)11-13/h7-8,11,14,20H,2-6,9-10,12H2,1H3/t14-/m0/s1. The fourth-order valence-electron chi connectivity index (χ4n) is 3.03. The van der Waals surface area contributed by atoms with Crippen LogP contribution in [0.2, 0.25) is 0 Å². The Hall–Kier alpha value is -1.62. The molecule has 22 heavy (non-hydrogen) atoms. The number of carbonyl (C=O) groups excluding carboxylic acids is 1. The van der Waals surface area contributed by atoms with E-state index in [1.54, 1.807) is 13.2 Å². The first-order chi connectivity index (χ1) is 10.6. The number of nitrogens with zero attached hydrogens (tertiary/aromatic N) is 1. The summed E-state index contributed by atoms with van der Waals surface area (Å²) in [7, 11) is 1.68. The summed E-state index contributed by atoms with van der Waals surface area (Å²) in [5.74, 6) is -1.03. The maximum atomic E-state index is 13.4. The second-order valence-corrected chi connectivity index (χ2v) is 5.83. The Kier molecular flexibility index (Phi) is 6.19. The lowest BCUT2D eigenvalue weighted by Gasteiger charge is -2.36. The molecule has 0 radical (unpaired) electrons. The molecule has 1 aromatic carbocycles. The smallest absolute Gasteiger partial charge is 0.227 e. The van der Waals surface area contributed by atoms with E-state index in [4.69, 9.17) is 4.74 Å². The zero-order valence-electron chi connectivity index (χ0n) is 13.1. The van der Waals surface area contributed by atoms with Crippen LogP contribution in [0.15, 0.2) is 18.2 Å². The average Bonchev–Trinajstić information content (AvgIpc) is 2.51. The number of halogens is 1. The van der Waals surface area contributed by atoms with Crippen LogP contribution in [0, 0.1) is 5.82 Å². The highest BCUT2D eigenvalue weighted by Gasteiger charge is 2.26. The van der Waals surface area contributed by atoms with Crippen molar-refractivity contribution in [2.24, 2.45) is 0 Å². The summed E-state index contributed by atoms with van der Waals surface area (Å²) in [4.78, 5) is 14.5. The van der Waals surface area contributed by atoms with Crippen molar-refractivity contribution in [3.63, 3.8) is 0 Å². The van der Waals surface area contributed by atoms with Crippen LogP contribution in [-0.2, 0) is 16.0 Å². The van der Waals surface area contributed by atoms with E-state index in [2.05, 4.69) is 0 Å². The molecule has 122 valence electrons. The summed E-state index contributed by atoms with van der Waals surface area (Å²) in [5.41, 5.74) is 0.599. The second kappa shape index (κ2) is 8.13. The van der Waals surface area contributed by atoms with Gasteiger partial charge in [-0.05, 0) is 49.8 Å². The van der Waals surface area contributed by atoms with Crippen LogP contribution in [-0.4, -0.2) is 42.2 Å². The third-order valence-corrected chi connectivity index (χ3v) is 4.20. The van der Waals surface area contributed by atoms with Gasteiger partial charge in [-0.1, -0.05) is 6.07 Å². The predicted molar refractivity (Wildman–Crippen MR) is 82.2 cm³/mol. The van der Waals surface area contributed by atoms with Crippen molar-refractivity contribution < 1.29 is 19.0 Å². The van der Waals surface area contributed by atoms with Crippen molar-refractivity contribution in [2.75, 3.05) is 20.3 Å². The minimum Gasteiger partial charge on any atom is -0.505 e. The summed E-state index contributed by atoms with van der Waals surface area (Å²) < 4.78 is 18.4. The number of amides is 1. The van der Waals surface area contributed by atoms with E-state index in [-0.39, 0.29) is 24.1 Å². The first kappa shape index (κ1) is 16.7. The van der Waals surface area contributed by atoms with E-state index in [9.17, 15) is 14.3 Å². The van der Waals surface area contributed by atoms with Gasteiger partial charge in [-0.3, -0.25) is 4.79 Å². The molecule has 0 saturated carbocycles. The van der Waals surface area contributed by atoms with Gasteiger partial charge in [-0.2, -0.15) is 0 Å². The number of likely N-dealkylation sites (tertiary alicyclic amines) is 1. The zero-order chi connectivity index (χ0) is 15.9. The molecule has 1 fully saturated rings. The van der Waals surface area contributed by atoms with E-state index in [1.165, 1.54) is 12.1 Å². The molecule has 1 aliphatic heterocycles. The molecule has 1 amide bonds. The van der Waals surface area contributed by atoms with Crippen LogP contribution in [0.5, 0.6) is 5.75 Å². The molecular formula is C17H24FNO3. The quantitative estimate of drug-likeness (QED) is 0.822. The minimum absolute atomic E-state index is 0.0345. The molecule has 0 unspecified atom stereocenters. The molecule has 5 heteroatoms. The first-order valence-corrected chi connectivity index (χ1v) is 7.87. The molecule has 2 rings (SSSR count). The van der Waals surface area contributed by atoms with Gasteiger partial charge in [-0.15, -0.1) is 0 Å². The molecule has 1 heterocycles. The second-order valence-electron chi connectivity index (χ2n) is 5.83. The zero-order valence-corrected chi connectivity index (χ0v) is 13.1. The van der Waals surface area contributed by atoms with Crippen LogP contribution in [0.25, 0.3) is 0 Å². The predicted octanol–water partition coefficient (Wildman–Crippen LogP) is 2.88. The molecule has 0 bridgehead atoms. The van der Waals surface area contributed by atoms with Crippen LogP contribution < -0.4 is 0 Å². The molecule has 1 atom stereocenters. The normalized spacial score (nSPS) is 18.5. The maximum absolute atomic E-state index is 13.4. The number of methoxy groups -OCH3 is 1. The Bertz CT molecular complexity index is 507. The van der Waals surface area contributed by atoms with Gasteiger partial charge in [-0.25, -0.2) is 4.39 Å². The Morgan fingerprint density at radius 2 is 2.27 bits per heavy atom. The van der Waals surface area contributed by atoms with E-state index >= 15 is 0 Å². The van der Waals surface area contributed by atoms with Crippen molar-refractivity contribution in [1.29, 1.82) is 0 Å². The number of ether oxygens (including phenoxy) is 1. The summed E-state index contributed by atoms with van der Waals surface area (Å²) in [6.07, 6.45) is 5.27. The summed E-state index contributed by atoms with van der Waals surface area (Å²) in [6, 6.07) is 4.39. The number of hydrogen-bond donors (Lipinski definition) is 1. The molecule has 1 saturated heterocycles. The summed E-state index contributed by atoms with van der Waals surface area (Å²) >= 11 is 0. The monoisotopic (exact) mass is 309 g/mol. The number of aromatic hydroxyl groups is 1. The molecule has 4 nitrogen and oxygen atoms in total. The van der Waals surface area contributed by atoms with Gasteiger partial charge < -0.3 is 14.7 Å². The Morgan fingerprint density at radius 3 is 3.00 bits per heavy atom. The van der Waals surface area contributed by atoms with E-state index in [0.29, 0.717) is 12.2 Å². The van der Waals surface area contributed by atoms with Crippen molar-refractivity contribution in [3.8, 4) is 5.75 Å². The Balaban J connectivity index is 1.97. The SMILES string of the molecule is COCCC[C@@H]1CCCCN1C(=O)Cc1ccc(O)c(F)c1. The van der Waals surface area contributed by atoms with Crippen molar-refractivity contribution in [2.45, 2.75) is 44.6 Å². The number of rotatable bonds is 6. The molecule has 1 aliphatic rings. The highest BCUT2D eigenvalue weighted by molar-refractivity contribution is 5.79. The van der Waals surface area contributed by atoms with Gasteiger partial charge in [0.25, 0.3) is 0 Å². The van der Waals surface area contributed by atoms with Crippen molar-refractivity contribution in [3.05, 3.63) is 29.6 Å². The molecule has 1 aromatic rings. The van der Waals surface area contributed by atoms with Gasteiger partial charge >= 0.3 is 0 Å². The number of hydrogen-bond acceptors (Lipinski definition) is 3. The van der Waals surface area contributed by atoms with Crippen molar-refractivity contribution >= 4 is 5.91 Å². The number of phenols is 1. The topological polar surface area (TPSA) is 49.8 Å². The lowest BCUT2D eigenvalue weighted by Crippen LogP contribution is -2.44. The molecule has 0 spiro atoms. The molecular weight excluding hydrogens is 285 g/mol. The minimum atomic E-state index is -0.680. The van der Waals surface area contributed by atoms with Crippen LogP contribution in [0.3, 0.4) is 0 Å². The van der Waals surface area contributed by atoms with Gasteiger partial charge in [0.15, 0.2) is 11.6 Å². The lowest BCUT2D eigenvalue weighted by atomic mass is 9.97. The average molecular weight is 309 g/mol. The number of piperidine rings is 1. The number of phenolic OH excluding ortho intramolecular Hbond substituents is 1. The molecule has 1 N–H and O–H groups in total. The fraction of sp³-hybridized carbons (Fsp3) is 0.588. The van der Waals surface area contributed by atoms with E-state index in [1.807, 2.05) is 4.90 Å². The van der Waals surface area contributed by atoms with Crippen LogP contribution >= 0.6 is 0 Å². The number of carbonyl (C=O) groups is 1. The number of benzene rings is 1. The third kappa shape index (κ3) is 4.44. The van der Waals surface area contributed by atoms with Crippen molar-refractivity contribution in [1.82, 2.24) is 4.90 Å². The highest BCUT2D eigenvalue weighted by Crippen LogP contribution is 2.23. The summed E-state index contributed by atoms with van der Waals surface area (Å²) in [6.45, 7) is 1.48. The van der Waals surface area contributed by atoms with E-state index in [0.717, 1.165) is 38.6 Å².